The second-order valence-corrected chi connectivity index (χ2v) is 4.18. The molecule has 1 heterocycles. The molecule has 0 radical (unpaired) electrons. The number of nitrogens with zero attached hydrogens (tertiary/aromatic N) is 2. The summed E-state index contributed by atoms with van der Waals surface area (Å²) in [6.07, 6.45) is 0. The van der Waals surface area contributed by atoms with Crippen LogP contribution < -0.4 is 11.1 Å². The van der Waals surface area contributed by atoms with Gasteiger partial charge in [0.2, 0.25) is 5.91 Å². The Morgan fingerprint density at radius 1 is 1.53 bits per heavy atom. The van der Waals surface area contributed by atoms with Crippen LogP contribution in [0.1, 0.15) is 10.4 Å². The number of nitrogen functional groups attached to an aromatic ring is 1. The molecule has 0 aliphatic heterocycles. The van der Waals surface area contributed by atoms with E-state index in [1.54, 1.807) is 14.1 Å². The molecule has 3 N–H and O–H groups in total. The fourth-order valence-electron chi connectivity index (χ4n) is 1.04. The predicted molar refractivity (Wildman–Crippen MR) is 65.0 cm³/mol. The zero-order valence-corrected chi connectivity index (χ0v) is 10.6. The van der Waals surface area contributed by atoms with Crippen molar-refractivity contribution < 1.29 is 14.3 Å². The Hall–Kier alpha value is -1.83. The summed E-state index contributed by atoms with van der Waals surface area (Å²) >= 11 is 1.02. The highest BCUT2D eigenvalue weighted by molar-refractivity contribution is 7.11. The lowest BCUT2D eigenvalue weighted by Crippen LogP contribution is -2.28. The smallest absolute Gasteiger partial charge is 0.344 e. The highest BCUT2D eigenvalue weighted by Crippen LogP contribution is 2.27. The molecule has 1 aromatic rings. The first-order valence-electron chi connectivity index (χ1n) is 4.74. The van der Waals surface area contributed by atoms with Gasteiger partial charge >= 0.3 is 5.97 Å². The second kappa shape index (κ2) is 5.48. The number of nitrogens with two attached hydrogens (primary N) is 1. The highest BCUT2D eigenvalue weighted by atomic mass is 32.1. The van der Waals surface area contributed by atoms with Crippen LogP contribution in [-0.4, -0.2) is 48.9 Å². The molecule has 0 aromatic carbocycles. The van der Waals surface area contributed by atoms with E-state index in [0.29, 0.717) is 5.00 Å². The number of likely N-dealkylation sites (N-methyl/N-ethyl adjacent to an activating group) is 1. The number of carbonyl (C=O) groups is 2. The van der Waals surface area contributed by atoms with E-state index in [0.717, 1.165) is 11.5 Å². The lowest BCUT2D eigenvalue weighted by Gasteiger charge is -2.11. The van der Waals surface area contributed by atoms with Crippen molar-refractivity contribution in [1.82, 2.24) is 9.27 Å². The van der Waals surface area contributed by atoms with Gasteiger partial charge in [0, 0.05) is 14.1 Å². The normalized spacial score (nSPS) is 9.82. The molecule has 0 spiro atoms. The molecule has 1 aromatic heterocycles. The maximum atomic E-state index is 11.4. The van der Waals surface area contributed by atoms with E-state index in [1.165, 1.54) is 12.0 Å². The van der Waals surface area contributed by atoms with E-state index in [9.17, 15) is 9.59 Å². The second-order valence-electron chi connectivity index (χ2n) is 3.41. The molecule has 0 unspecified atom stereocenters. The number of ether oxygens (including phenoxy) is 1. The molecular weight excluding hydrogens is 244 g/mol. The predicted octanol–water partition coefficient (Wildman–Crippen LogP) is 0.0120. The topological polar surface area (TPSA) is 97.5 Å². The van der Waals surface area contributed by atoms with E-state index in [-0.39, 0.29) is 23.8 Å². The van der Waals surface area contributed by atoms with Gasteiger partial charge in [-0.2, -0.15) is 4.37 Å². The van der Waals surface area contributed by atoms with Crippen molar-refractivity contribution in [2.75, 3.05) is 38.8 Å². The van der Waals surface area contributed by atoms with Crippen molar-refractivity contribution in [1.29, 1.82) is 0 Å². The fourth-order valence-corrected chi connectivity index (χ4v) is 1.73. The summed E-state index contributed by atoms with van der Waals surface area (Å²) < 4.78 is 8.42. The number of aromatic nitrogens is 1. The molecule has 0 saturated heterocycles. The molecule has 17 heavy (non-hydrogen) atoms. The van der Waals surface area contributed by atoms with Crippen LogP contribution in [0.5, 0.6) is 0 Å². The maximum absolute atomic E-state index is 11.4. The lowest BCUT2D eigenvalue weighted by atomic mass is 10.3. The summed E-state index contributed by atoms with van der Waals surface area (Å²) in [7, 11) is 4.55. The number of amides is 1. The van der Waals surface area contributed by atoms with Gasteiger partial charge in [-0.05, 0) is 11.5 Å². The lowest BCUT2D eigenvalue weighted by molar-refractivity contribution is -0.126. The zero-order chi connectivity index (χ0) is 13.0. The van der Waals surface area contributed by atoms with Gasteiger partial charge in [0.15, 0.2) is 5.82 Å². The summed E-state index contributed by atoms with van der Waals surface area (Å²) in [6, 6.07) is 0. The summed E-state index contributed by atoms with van der Waals surface area (Å²) in [4.78, 5) is 24.2. The third-order valence-corrected chi connectivity index (χ3v) is 2.83. The number of esters is 1. The van der Waals surface area contributed by atoms with Crippen LogP contribution in [0.4, 0.5) is 10.8 Å². The van der Waals surface area contributed by atoms with E-state index in [2.05, 4.69) is 14.4 Å². The standard InChI is InChI=1S/C9H14N4O3S/c1-13(2)5(14)4-11-8-6(9(15)16-3)7(10)12-17-8/h11H,4H2,1-3H3,(H2,10,12). The Kier molecular flexibility index (Phi) is 4.27. The minimum Gasteiger partial charge on any atom is -0.465 e. The number of hydrogen-bond donors (Lipinski definition) is 2. The van der Waals surface area contributed by atoms with Gasteiger partial charge in [-0.1, -0.05) is 0 Å². The van der Waals surface area contributed by atoms with Crippen molar-refractivity contribution in [2.24, 2.45) is 0 Å². The summed E-state index contributed by atoms with van der Waals surface area (Å²) in [5, 5.41) is 3.25. The van der Waals surface area contributed by atoms with Gasteiger partial charge in [0.05, 0.1) is 13.7 Å². The molecule has 0 saturated carbocycles. The van der Waals surface area contributed by atoms with Crippen LogP contribution in [0, 0.1) is 0 Å². The Morgan fingerprint density at radius 3 is 2.71 bits per heavy atom. The Morgan fingerprint density at radius 2 is 2.18 bits per heavy atom. The molecule has 0 aliphatic rings. The van der Waals surface area contributed by atoms with Gasteiger partial charge in [0.1, 0.15) is 10.6 Å². The largest absolute Gasteiger partial charge is 0.465 e. The molecule has 7 nitrogen and oxygen atoms in total. The molecular formula is C9H14N4O3S. The fraction of sp³-hybridized carbons (Fsp3) is 0.444. The molecule has 1 rings (SSSR count). The van der Waals surface area contributed by atoms with Gasteiger partial charge in [-0.3, -0.25) is 4.79 Å². The minimum atomic E-state index is -0.573. The van der Waals surface area contributed by atoms with Crippen LogP contribution in [0.3, 0.4) is 0 Å². The molecule has 1 amide bonds. The first-order valence-corrected chi connectivity index (χ1v) is 5.52. The van der Waals surface area contributed by atoms with E-state index < -0.39 is 5.97 Å². The third-order valence-electron chi connectivity index (χ3n) is 2.01. The van der Waals surface area contributed by atoms with Gasteiger partial charge in [-0.15, -0.1) is 0 Å². The number of rotatable bonds is 4. The van der Waals surface area contributed by atoms with Gasteiger partial charge < -0.3 is 20.7 Å². The summed E-state index contributed by atoms with van der Waals surface area (Å²) in [6.45, 7) is 0.0681. The van der Waals surface area contributed by atoms with Crippen molar-refractivity contribution in [2.45, 2.75) is 0 Å². The summed E-state index contributed by atoms with van der Waals surface area (Å²) in [5.41, 5.74) is 5.72. The van der Waals surface area contributed by atoms with Crippen LogP contribution in [0.25, 0.3) is 0 Å². The minimum absolute atomic E-state index is 0.0681. The average Bonchev–Trinajstić information content (AvgIpc) is 2.66. The van der Waals surface area contributed by atoms with E-state index in [1.807, 2.05) is 0 Å². The van der Waals surface area contributed by atoms with Crippen LogP contribution in [0.2, 0.25) is 0 Å². The van der Waals surface area contributed by atoms with Crippen molar-refractivity contribution in [3.8, 4) is 0 Å². The highest BCUT2D eigenvalue weighted by Gasteiger charge is 2.20. The maximum Gasteiger partial charge on any atom is 0.344 e. The van der Waals surface area contributed by atoms with Crippen molar-refractivity contribution in [3.05, 3.63) is 5.56 Å². The quantitative estimate of drug-likeness (QED) is 0.738. The SMILES string of the molecule is COC(=O)c1c(N)nsc1NCC(=O)N(C)C. The average molecular weight is 258 g/mol. The number of carbonyl (C=O) groups excluding carboxylic acids is 2. The Labute approximate surface area is 103 Å². The molecule has 94 valence electrons. The molecule has 8 heteroatoms. The number of nitrogens with one attached hydrogen (secondary N) is 1. The summed E-state index contributed by atoms with van der Waals surface area (Å²) in [5.74, 6) is -0.592. The number of methoxy groups -OCH3 is 1. The van der Waals surface area contributed by atoms with Crippen molar-refractivity contribution >= 4 is 34.2 Å². The molecule has 0 atom stereocenters. The van der Waals surface area contributed by atoms with Crippen LogP contribution in [-0.2, 0) is 9.53 Å². The van der Waals surface area contributed by atoms with E-state index >= 15 is 0 Å². The Bertz CT molecular complexity index is 430. The Balaban J connectivity index is 2.78. The zero-order valence-electron chi connectivity index (χ0n) is 9.81. The van der Waals surface area contributed by atoms with E-state index in [4.69, 9.17) is 5.73 Å². The van der Waals surface area contributed by atoms with Crippen molar-refractivity contribution in [3.63, 3.8) is 0 Å². The number of hydrogen-bond acceptors (Lipinski definition) is 7. The third kappa shape index (κ3) is 3.06. The monoisotopic (exact) mass is 258 g/mol. The van der Waals surface area contributed by atoms with Crippen LogP contribution in [0.15, 0.2) is 0 Å². The molecule has 0 bridgehead atoms. The number of anilines is 2. The first-order chi connectivity index (χ1) is 7.97. The molecule has 0 aliphatic carbocycles. The first kappa shape index (κ1) is 13.2. The molecule has 0 fully saturated rings. The van der Waals surface area contributed by atoms with Crippen LogP contribution >= 0.6 is 11.5 Å². The van der Waals surface area contributed by atoms with Gasteiger partial charge in [-0.25, -0.2) is 4.79 Å². The van der Waals surface area contributed by atoms with Gasteiger partial charge in [0.25, 0.3) is 0 Å².